The second kappa shape index (κ2) is 12.2. The lowest BCUT2D eigenvalue weighted by Gasteiger charge is -2.14. The summed E-state index contributed by atoms with van der Waals surface area (Å²) in [4.78, 5) is 10.9. The molecule has 0 saturated carbocycles. The van der Waals surface area contributed by atoms with Gasteiger partial charge in [-0.05, 0) is 70.4 Å². The van der Waals surface area contributed by atoms with Gasteiger partial charge in [0.25, 0.3) is 0 Å². The summed E-state index contributed by atoms with van der Waals surface area (Å²) in [6, 6.07) is 68.9. The zero-order valence-electron chi connectivity index (χ0n) is 31.7. The molecule has 0 aliphatic carbocycles. The van der Waals surface area contributed by atoms with Crippen LogP contribution in [0.2, 0.25) is 0 Å². The summed E-state index contributed by atoms with van der Waals surface area (Å²) in [5.74, 6) is 0.621. The van der Waals surface area contributed by atoms with E-state index in [-0.39, 0.29) is 0 Å². The number of hydrogen-bond donors (Lipinski definition) is 0. The SMILES string of the molecule is c1ccc(-c2ccc(-n3c4ccc5c6ccccc6oc5c4c4ccc5c6ccccc6n(-c6nc(-c7ccc8ccccc8c7)c7ccccc7n6)c5c43)cc2)cc1. The van der Waals surface area contributed by atoms with Crippen LogP contribution in [-0.2, 0) is 0 Å². The molecule has 0 atom stereocenters. The summed E-state index contributed by atoms with van der Waals surface area (Å²) in [7, 11) is 0. The van der Waals surface area contributed by atoms with Crippen LogP contribution in [0.4, 0.5) is 0 Å². The van der Waals surface area contributed by atoms with Crippen molar-refractivity contribution in [2.75, 3.05) is 0 Å². The molecule has 0 saturated heterocycles. The zero-order chi connectivity index (χ0) is 38.6. The molecule has 0 aliphatic heterocycles. The molecule has 13 aromatic rings. The molecule has 0 amide bonds. The van der Waals surface area contributed by atoms with Gasteiger partial charge in [-0.1, -0.05) is 146 Å². The number of para-hydroxylation sites is 3. The van der Waals surface area contributed by atoms with E-state index in [9.17, 15) is 0 Å². The Labute approximate surface area is 337 Å². The first-order chi connectivity index (χ1) is 29.3. The first kappa shape index (κ1) is 32.1. The summed E-state index contributed by atoms with van der Waals surface area (Å²) >= 11 is 0. The fourth-order valence-electron chi connectivity index (χ4n) is 9.44. The van der Waals surface area contributed by atoms with Crippen LogP contribution in [0.15, 0.2) is 199 Å². The third-order valence-corrected chi connectivity index (χ3v) is 12.1. The fourth-order valence-corrected chi connectivity index (χ4v) is 9.44. The maximum Gasteiger partial charge on any atom is 0.235 e. The van der Waals surface area contributed by atoms with Crippen molar-refractivity contribution >= 4 is 87.2 Å². The number of fused-ring (bicyclic) bond motifs is 13. The summed E-state index contributed by atoms with van der Waals surface area (Å²) in [6.07, 6.45) is 0. The summed E-state index contributed by atoms with van der Waals surface area (Å²) in [5, 5.41) is 10.0. The van der Waals surface area contributed by atoms with E-state index >= 15 is 0 Å². The standard InChI is InChI=1S/C54H32N4O/c1-2-12-33(13-3-1)35-24-26-38(27-25-35)57-47-31-30-42-40-17-8-11-21-48(40)59-53(42)49(47)44-29-28-41-39-16-7-10-20-46(39)58(51(41)52(44)57)54-55-45-19-9-6-18-43(45)50(56-54)37-23-22-34-14-4-5-15-36(34)32-37/h1-32H. The Balaban J connectivity index is 1.18. The lowest BCUT2D eigenvalue weighted by molar-refractivity contribution is 0.673. The van der Waals surface area contributed by atoms with E-state index in [0.717, 1.165) is 93.4 Å². The van der Waals surface area contributed by atoms with Crippen LogP contribution >= 0.6 is 0 Å². The largest absolute Gasteiger partial charge is 0.455 e. The highest BCUT2D eigenvalue weighted by atomic mass is 16.3. The predicted octanol–water partition coefficient (Wildman–Crippen LogP) is 14.2. The lowest BCUT2D eigenvalue weighted by atomic mass is 10.0. The highest BCUT2D eigenvalue weighted by molar-refractivity contribution is 6.29. The maximum atomic E-state index is 6.78. The molecule has 0 N–H and O–H groups in total. The minimum Gasteiger partial charge on any atom is -0.455 e. The van der Waals surface area contributed by atoms with Crippen molar-refractivity contribution in [3.8, 4) is 34.0 Å². The van der Waals surface area contributed by atoms with Gasteiger partial charge in [-0.15, -0.1) is 0 Å². The first-order valence-electron chi connectivity index (χ1n) is 20.0. The smallest absolute Gasteiger partial charge is 0.235 e. The monoisotopic (exact) mass is 752 g/mol. The van der Waals surface area contributed by atoms with E-state index in [2.05, 4.69) is 197 Å². The fraction of sp³-hybridized carbons (Fsp3) is 0. The van der Waals surface area contributed by atoms with Crippen molar-refractivity contribution < 1.29 is 4.42 Å². The van der Waals surface area contributed by atoms with E-state index in [1.807, 2.05) is 6.07 Å². The van der Waals surface area contributed by atoms with Crippen LogP contribution in [0, 0.1) is 0 Å². The molecular formula is C54H32N4O. The van der Waals surface area contributed by atoms with Crippen molar-refractivity contribution in [3.63, 3.8) is 0 Å². The molecular weight excluding hydrogens is 721 g/mol. The molecule has 0 bridgehead atoms. The Hall–Kier alpha value is -8.02. The average Bonchev–Trinajstić information content (AvgIpc) is 3.97. The molecule has 4 heterocycles. The van der Waals surface area contributed by atoms with Crippen LogP contribution in [0.5, 0.6) is 0 Å². The van der Waals surface area contributed by atoms with Gasteiger partial charge >= 0.3 is 0 Å². The number of nitrogens with zero attached hydrogens (tertiary/aromatic N) is 4. The van der Waals surface area contributed by atoms with Gasteiger partial charge in [-0.3, -0.25) is 4.57 Å². The van der Waals surface area contributed by atoms with Crippen molar-refractivity contribution in [2.24, 2.45) is 0 Å². The second-order valence-electron chi connectivity index (χ2n) is 15.3. The van der Waals surface area contributed by atoms with Crippen molar-refractivity contribution in [2.45, 2.75) is 0 Å². The van der Waals surface area contributed by atoms with Crippen LogP contribution < -0.4 is 0 Å². The summed E-state index contributed by atoms with van der Waals surface area (Å²) in [5.41, 5.74) is 12.2. The molecule has 0 spiro atoms. The van der Waals surface area contributed by atoms with Gasteiger partial charge in [0.05, 0.1) is 38.7 Å². The van der Waals surface area contributed by atoms with Crippen LogP contribution in [0.1, 0.15) is 0 Å². The number of benzene rings is 9. The van der Waals surface area contributed by atoms with Gasteiger partial charge in [0.1, 0.15) is 11.2 Å². The molecule has 13 rings (SSSR count). The number of hydrogen-bond acceptors (Lipinski definition) is 3. The number of aromatic nitrogens is 4. The Morgan fingerprint density at radius 3 is 1.93 bits per heavy atom. The Morgan fingerprint density at radius 2 is 1.05 bits per heavy atom. The Morgan fingerprint density at radius 1 is 0.390 bits per heavy atom. The molecule has 0 fully saturated rings. The normalized spacial score (nSPS) is 12.1. The molecule has 274 valence electrons. The molecule has 59 heavy (non-hydrogen) atoms. The zero-order valence-corrected chi connectivity index (χ0v) is 31.7. The third-order valence-electron chi connectivity index (χ3n) is 12.1. The predicted molar refractivity (Wildman–Crippen MR) is 244 cm³/mol. The topological polar surface area (TPSA) is 48.8 Å². The van der Waals surface area contributed by atoms with Crippen molar-refractivity contribution in [1.82, 2.24) is 19.1 Å². The van der Waals surface area contributed by atoms with Crippen molar-refractivity contribution in [3.05, 3.63) is 194 Å². The second-order valence-corrected chi connectivity index (χ2v) is 15.3. The molecule has 0 unspecified atom stereocenters. The quantitative estimate of drug-likeness (QED) is 0.180. The minimum atomic E-state index is 0.621. The maximum absolute atomic E-state index is 6.78. The van der Waals surface area contributed by atoms with E-state index in [4.69, 9.17) is 14.4 Å². The molecule has 5 heteroatoms. The van der Waals surface area contributed by atoms with Gasteiger partial charge in [0, 0.05) is 43.6 Å². The van der Waals surface area contributed by atoms with Gasteiger partial charge in [-0.2, -0.15) is 0 Å². The van der Waals surface area contributed by atoms with Crippen molar-refractivity contribution in [1.29, 1.82) is 0 Å². The van der Waals surface area contributed by atoms with Crippen LogP contribution in [0.3, 0.4) is 0 Å². The van der Waals surface area contributed by atoms with Crippen LogP contribution in [0.25, 0.3) is 121 Å². The molecule has 0 radical (unpaired) electrons. The van der Waals surface area contributed by atoms with Gasteiger partial charge in [-0.25, -0.2) is 9.97 Å². The van der Waals surface area contributed by atoms with E-state index in [1.165, 1.54) is 21.9 Å². The number of furan rings is 1. The van der Waals surface area contributed by atoms with E-state index < -0.39 is 0 Å². The number of rotatable bonds is 4. The van der Waals surface area contributed by atoms with Gasteiger partial charge in [0.2, 0.25) is 5.95 Å². The average molecular weight is 753 g/mol. The summed E-state index contributed by atoms with van der Waals surface area (Å²) < 4.78 is 11.5. The Bertz CT molecular complexity index is 3830. The van der Waals surface area contributed by atoms with E-state index in [1.54, 1.807) is 0 Å². The highest BCUT2D eigenvalue weighted by Crippen LogP contribution is 2.45. The molecule has 9 aromatic carbocycles. The van der Waals surface area contributed by atoms with Gasteiger partial charge in [0.15, 0.2) is 0 Å². The van der Waals surface area contributed by atoms with Crippen LogP contribution in [-0.4, -0.2) is 19.1 Å². The molecule has 4 aromatic heterocycles. The lowest BCUT2D eigenvalue weighted by Crippen LogP contribution is -2.04. The van der Waals surface area contributed by atoms with E-state index in [0.29, 0.717) is 5.95 Å². The molecule has 5 nitrogen and oxygen atoms in total. The molecule has 0 aliphatic rings. The van der Waals surface area contributed by atoms with Gasteiger partial charge < -0.3 is 8.98 Å². The summed E-state index contributed by atoms with van der Waals surface area (Å²) in [6.45, 7) is 0. The Kier molecular flexibility index (Phi) is 6.66. The third kappa shape index (κ3) is 4.67. The minimum absolute atomic E-state index is 0.621. The highest BCUT2D eigenvalue weighted by Gasteiger charge is 2.25. The first-order valence-corrected chi connectivity index (χ1v) is 20.0.